The first kappa shape index (κ1) is 17.4. The summed E-state index contributed by atoms with van der Waals surface area (Å²) in [6, 6.07) is 9.05. The van der Waals surface area contributed by atoms with Crippen LogP contribution in [0.1, 0.15) is 17.4 Å². The zero-order valence-electron chi connectivity index (χ0n) is 13.6. The number of hydrogen-bond acceptors (Lipinski definition) is 4. The van der Waals surface area contributed by atoms with Gasteiger partial charge in [-0.05, 0) is 35.0 Å². The second kappa shape index (κ2) is 7.62. The molecule has 1 amide bonds. The molecule has 1 aromatic carbocycles. The number of H-pyrrole nitrogens is 1. The van der Waals surface area contributed by atoms with Gasteiger partial charge in [0.15, 0.2) is 5.69 Å². The van der Waals surface area contributed by atoms with Crippen LogP contribution in [0.4, 0.5) is 5.69 Å². The van der Waals surface area contributed by atoms with Crippen LogP contribution in [-0.4, -0.2) is 33.8 Å². The first-order valence-corrected chi connectivity index (χ1v) is 8.59. The molecule has 0 spiro atoms. The number of para-hydroxylation sites is 1. The van der Waals surface area contributed by atoms with Crippen molar-refractivity contribution < 1.29 is 14.6 Å². The quantitative estimate of drug-likeness (QED) is 0.470. The van der Waals surface area contributed by atoms with E-state index >= 15 is 0 Å². The van der Waals surface area contributed by atoms with Crippen LogP contribution in [0.5, 0.6) is 5.88 Å². The topological polar surface area (TPSA) is 92.0 Å². The number of fused-ring (bicyclic) bond motifs is 1. The summed E-state index contributed by atoms with van der Waals surface area (Å²) in [6.07, 6.45) is 1.64. The van der Waals surface area contributed by atoms with E-state index < -0.39 is 5.91 Å². The lowest BCUT2D eigenvalue weighted by molar-refractivity contribution is 0.0991. The van der Waals surface area contributed by atoms with Crippen molar-refractivity contribution in [2.75, 3.05) is 13.2 Å². The minimum Gasteiger partial charge on any atom is -0.493 e. The zero-order valence-corrected chi connectivity index (χ0v) is 15.2. The highest BCUT2D eigenvalue weighted by Gasteiger charge is 2.17. The molecule has 0 aliphatic rings. The lowest BCUT2D eigenvalue weighted by Gasteiger charge is -2.06. The SMILES string of the molecule is CCOCCn1c(O)c(N=NC(=O)c2cc(Br)c[nH]2)c2ccccc21. The van der Waals surface area contributed by atoms with Crippen molar-refractivity contribution in [2.45, 2.75) is 13.5 Å². The number of hydrogen-bond donors (Lipinski definition) is 2. The Kier molecular flexibility index (Phi) is 5.30. The molecule has 0 radical (unpaired) electrons. The molecular formula is C17H17BrN4O3. The van der Waals surface area contributed by atoms with Gasteiger partial charge in [0.2, 0.25) is 5.88 Å². The van der Waals surface area contributed by atoms with Crippen LogP contribution in [0.2, 0.25) is 0 Å². The van der Waals surface area contributed by atoms with Crippen molar-refractivity contribution in [3.63, 3.8) is 0 Å². The van der Waals surface area contributed by atoms with Crippen molar-refractivity contribution in [3.8, 4) is 5.88 Å². The standard InChI is InChI=1S/C17H17BrN4O3/c1-2-25-8-7-22-14-6-4-3-5-12(14)15(17(22)24)20-21-16(23)13-9-11(18)10-19-13/h3-6,9-10,19,24H,2,7-8H2,1H3. The van der Waals surface area contributed by atoms with Crippen LogP contribution in [-0.2, 0) is 11.3 Å². The second-order valence-electron chi connectivity index (χ2n) is 5.27. The predicted molar refractivity (Wildman–Crippen MR) is 97.4 cm³/mol. The van der Waals surface area contributed by atoms with Gasteiger partial charge >= 0.3 is 5.91 Å². The van der Waals surface area contributed by atoms with Crippen LogP contribution < -0.4 is 0 Å². The number of aromatic amines is 1. The summed E-state index contributed by atoms with van der Waals surface area (Å²) in [4.78, 5) is 14.9. The fourth-order valence-electron chi connectivity index (χ4n) is 2.54. The molecule has 0 fully saturated rings. The van der Waals surface area contributed by atoms with Gasteiger partial charge in [-0.3, -0.25) is 4.79 Å². The molecule has 0 bridgehead atoms. The van der Waals surface area contributed by atoms with Crippen LogP contribution >= 0.6 is 15.9 Å². The fraction of sp³-hybridized carbons (Fsp3) is 0.235. The molecule has 0 aliphatic heterocycles. The molecule has 8 heteroatoms. The molecule has 2 N–H and O–H groups in total. The van der Waals surface area contributed by atoms with Crippen LogP contribution in [0.25, 0.3) is 10.9 Å². The minimum atomic E-state index is -0.517. The Balaban J connectivity index is 1.94. The number of amides is 1. The van der Waals surface area contributed by atoms with E-state index in [0.29, 0.717) is 25.5 Å². The number of aromatic hydroxyl groups is 1. The molecule has 0 saturated heterocycles. The first-order chi connectivity index (χ1) is 12.1. The van der Waals surface area contributed by atoms with Crippen LogP contribution in [0.3, 0.4) is 0 Å². The van der Waals surface area contributed by atoms with Gasteiger partial charge in [0.05, 0.1) is 12.1 Å². The lowest BCUT2D eigenvalue weighted by atomic mass is 10.2. The van der Waals surface area contributed by atoms with Crippen molar-refractivity contribution >= 4 is 38.4 Å². The summed E-state index contributed by atoms with van der Waals surface area (Å²) < 4.78 is 7.82. The Morgan fingerprint density at radius 1 is 1.40 bits per heavy atom. The van der Waals surface area contributed by atoms with Gasteiger partial charge in [0.25, 0.3) is 0 Å². The molecule has 0 saturated carbocycles. The number of ether oxygens (including phenoxy) is 1. The number of nitrogens with zero attached hydrogens (tertiary/aromatic N) is 3. The predicted octanol–water partition coefficient (Wildman–Crippen LogP) is 4.40. The Morgan fingerprint density at radius 3 is 2.92 bits per heavy atom. The van der Waals surface area contributed by atoms with Gasteiger partial charge in [0.1, 0.15) is 5.69 Å². The molecule has 0 unspecified atom stereocenters. The van der Waals surface area contributed by atoms with E-state index in [1.807, 2.05) is 31.2 Å². The molecule has 25 heavy (non-hydrogen) atoms. The normalized spacial score (nSPS) is 11.6. The molecule has 2 heterocycles. The largest absolute Gasteiger partial charge is 0.493 e. The van der Waals surface area contributed by atoms with Crippen molar-refractivity contribution in [3.05, 3.63) is 46.7 Å². The van der Waals surface area contributed by atoms with Gasteiger partial charge in [-0.15, -0.1) is 10.2 Å². The van der Waals surface area contributed by atoms with Gasteiger partial charge in [0, 0.05) is 29.2 Å². The summed E-state index contributed by atoms with van der Waals surface area (Å²) in [5, 5.41) is 19.0. The van der Waals surface area contributed by atoms with Gasteiger partial charge in [-0.1, -0.05) is 18.2 Å². The second-order valence-corrected chi connectivity index (χ2v) is 6.19. The Labute approximate surface area is 152 Å². The third-order valence-electron chi connectivity index (χ3n) is 3.70. The molecule has 2 aromatic heterocycles. The van der Waals surface area contributed by atoms with Gasteiger partial charge < -0.3 is 19.4 Å². The smallest absolute Gasteiger partial charge is 0.311 e. The Bertz CT molecular complexity index is 929. The van der Waals surface area contributed by atoms with Crippen molar-refractivity contribution in [2.24, 2.45) is 10.2 Å². The van der Waals surface area contributed by atoms with E-state index in [1.165, 1.54) is 0 Å². The molecule has 130 valence electrons. The number of azo groups is 1. The highest BCUT2D eigenvalue weighted by atomic mass is 79.9. The number of halogens is 1. The highest BCUT2D eigenvalue weighted by Crippen LogP contribution is 2.38. The summed E-state index contributed by atoms with van der Waals surface area (Å²) >= 11 is 3.26. The van der Waals surface area contributed by atoms with Crippen LogP contribution in [0, 0.1) is 0 Å². The third-order valence-corrected chi connectivity index (χ3v) is 4.16. The maximum absolute atomic E-state index is 12.1. The summed E-state index contributed by atoms with van der Waals surface area (Å²) in [6.45, 7) is 3.46. The number of rotatable bonds is 6. The Morgan fingerprint density at radius 2 is 2.20 bits per heavy atom. The average molecular weight is 405 g/mol. The summed E-state index contributed by atoms with van der Waals surface area (Å²) in [5.41, 5.74) is 1.39. The molecule has 3 rings (SSSR count). The van der Waals surface area contributed by atoms with Gasteiger partial charge in [-0.2, -0.15) is 0 Å². The Hall–Kier alpha value is -2.45. The summed E-state index contributed by atoms with van der Waals surface area (Å²) in [7, 11) is 0. The van der Waals surface area contributed by atoms with Crippen LogP contribution in [0.15, 0.2) is 51.2 Å². The molecular weight excluding hydrogens is 388 g/mol. The van der Waals surface area contributed by atoms with Crippen molar-refractivity contribution in [1.82, 2.24) is 9.55 Å². The third kappa shape index (κ3) is 3.64. The van der Waals surface area contributed by atoms with E-state index in [2.05, 4.69) is 31.1 Å². The molecule has 0 atom stereocenters. The van der Waals surface area contributed by atoms with E-state index in [0.717, 1.165) is 15.4 Å². The van der Waals surface area contributed by atoms with E-state index in [1.54, 1.807) is 16.8 Å². The minimum absolute atomic E-state index is 0.0369. The molecule has 7 nitrogen and oxygen atoms in total. The number of benzene rings is 1. The number of carbonyl (C=O) groups excluding carboxylic acids is 1. The molecule has 3 aromatic rings. The molecule has 0 aliphatic carbocycles. The van der Waals surface area contributed by atoms with E-state index in [4.69, 9.17) is 4.74 Å². The lowest BCUT2D eigenvalue weighted by Crippen LogP contribution is -2.05. The summed E-state index contributed by atoms with van der Waals surface area (Å²) in [5.74, 6) is -0.554. The maximum Gasteiger partial charge on any atom is 0.311 e. The van der Waals surface area contributed by atoms with E-state index in [-0.39, 0.29) is 11.6 Å². The van der Waals surface area contributed by atoms with Gasteiger partial charge in [-0.25, -0.2) is 0 Å². The number of nitrogens with one attached hydrogen (secondary N) is 1. The number of aromatic nitrogens is 2. The van der Waals surface area contributed by atoms with E-state index in [9.17, 15) is 9.90 Å². The number of carbonyl (C=O) groups is 1. The fourth-order valence-corrected chi connectivity index (χ4v) is 2.88. The maximum atomic E-state index is 12.1. The highest BCUT2D eigenvalue weighted by molar-refractivity contribution is 9.10. The monoisotopic (exact) mass is 404 g/mol. The average Bonchev–Trinajstić information content (AvgIpc) is 3.16. The zero-order chi connectivity index (χ0) is 17.8. The van der Waals surface area contributed by atoms with Crippen molar-refractivity contribution in [1.29, 1.82) is 0 Å². The first-order valence-electron chi connectivity index (χ1n) is 7.79.